The third kappa shape index (κ3) is 2.87. The Morgan fingerprint density at radius 1 is 1.55 bits per heavy atom. The summed E-state index contributed by atoms with van der Waals surface area (Å²) >= 11 is 0.921. The van der Waals surface area contributed by atoms with Crippen molar-refractivity contribution >= 4 is 27.3 Å². The zero-order valence-corrected chi connectivity index (χ0v) is 13.3. The summed E-state index contributed by atoms with van der Waals surface area (Å²) < 4.78 is 32.0. The normalized spacial score (nSPS) is 21.9. The smallest absolute Gasteiger partial charge is 0.358 e. The van der Waals surface area contributed by atoms with Gasteiger partial charge in [0.1, 0.15) is 0 Å². The molecule has 1 unspecified atom stereocenters. The zero-order valence-electron chi connectivity index (χ0n) is 11.7. The second kappa shape index (κ2) is 5.42. The molecule has 1 heterocycles. The lowest BCUT2D eigenvalue weighted by Crippen LogP contribution is -2.41. The number of nitrogens with zero attached hydrogens (tertiary/aromatic N) is 1. The number of sulfonamides is 1. The van der Waals surface area contributed by atoms with Crippen molar-refractivity contribution in [3.05, 3.63) is 11.2 Å². The number of hydrogen-bond donors (Lipinski definition) is 1. The molecule has 1 aliphatic rings. The fraction of sp³-hybridized carbons (Fsp3) is 0.667. The van der Waals surface area contributed by atoms with Gasteiger partial charge in [-0.2, -0.15) is 0 Å². The Morgan fingerprint density at radius 3 is 2.80 bits per heavy atom. The third-order valence-electron chi connectivity index (χ3n) is 3.71. The topological polar surface area (TPSA) is 85.4 Å². The number of esters is 1. The van der Waals surface area contributed by atoms with E-state index in [1.165, 1.54) is 12.6 Å². The molecule has 0 aromatic carbocycles. The number of methoxy groups -OCH3 is 1. The number of nitrogens with one attached hydrogen (secondary N) is 1. The molecule has 0 aliphatic heterocycles. The maximum Gasteiger partial charge on any atom is 0.358 e. The molecular formula is C12H18N2O4S2. The van der Waals surface area contributed by atoms with Gasteiger partial charge in [0.05, 0.1) is 12.6 Å². The Morgan fingerprint density at radius 2 is 2.25 bits per heavy atom. The van der Waals surface area contributed by atoms with Gasteiger partial charge in [-0.05, 0) is 18.3 Å². The van der Waals surface area contributed by atoms with Crippen LogP contribution in [0.15, 0.2) is 9.72 Å². The van der Waals surface area contributed by atoms with Crippen LogP contribution in [0.25, 0.3) is 0 Å². The minimum Gasteiger partial charge on any atom is -0.464 e. The van der Waals surface area contributed by atoms with Crippen molar-refractivity contribution < 1.29 is 17.9 Å². The van der Waals surface area contributed by atoms with Crippen LogP contribution in [0.3, 0.4) is 0 Å². The Kier molecular flexibility index (Phi) is 4.17. The van der Waals surface area contributed by atoms with Crippen molar-refractivity contribution in [2.45, 2.75) is 43.4 Å². The van der Waals surface area contributed by atoms with E-state index in [1.807, 2.05) is 13.8 Å². The molecule has 0 spiro atoms. The maximum absolute atomic E-state index is 12.4. The van der Waals surface area contributed by atoms with Gasteiger partial charge in [0.15, 0.2) is 9.90 Å². The number of rotatable bonds is 4. The first-order chi connectivity index (χ1) is 9.28. The Labute approximate surface area is 122 Å². The minimum absolute atomic E-state index is 0.0768. The van der Waals surface area contributed by atoms with Crippen molar-refractivity contribution in [3.8, 4) is 0 Å². The third-order valence-corrected chi connectivity index (χ3v) is 6.55. The number of ether oxygens (including phenoxy) is 1. The number of thiazole rings is 1. The first kappa shape index (κ1) is 15.4. The van der Waals surface area contributed by atoms with E-state index in [1.54, 1.807) is 0 Å². The van der Waals surface area contributed by atoms with Crippen LogP contribution in [0.1, 0.15) is 43.6 Å². The fourth-order valence-electron chi connectivity index (χ4n) is 2.44. The van der Waals surface area contributed by atoms with Crippen molar-refractivity contribution in [2.24, 2.45) is 5.41 Å². The summed E-state index contributed by atoms with van der Waals surface area (Å²) in [5.74, 6) is -0.739. The highest BCUT2D eigenvalue weighted by Crippen LogP contribution is 2.38. The molecule has 112 valence electrons. The monoisotopic (exact) mass is 318 g/mol. The Bertz CT molecular complexity index is 607. The van der Waals surface area contributed by atoms with E-state index in [0.717, 1.165) is 30.6 Å². The zero-order chi connectivity index (χ0) is 15.0. The first-order valence-corrected chi connectivity index (χ1v) is 8.68. The van der Waals surface area contributed by atoms with Gasteiger partial charge in [-0.3, -0.25) is 0 Å². The highest BCUT2D eigenvalue weighted by molar-refractivity contribution is 7.91. The molecule has 0 radical (unpaired) electrons. The predicted octanol–water partition coefficient (Wildman–Crippen LogP) is 1.79. The molecule has 1 aromatic rings. The average molecular weight is 318 g/mol. The van der Waals surface area contributed by atoms with E-state index in [0.29, 0.717) is 0 Å². The molecule has 1 fully saturated rings. The number of carbonyl (C=O) groups excluding carboxylic acids is 1. The van der Waals surface area contributed by atoms with E-state index < -0.39 is 16.0 Å². The van der Waals surface area contributed by atoms with Crippen LogP contribution >= 0.6 is 11.3 Å². The van der Waals surface area contributed by atoms with Crippen LogP contribution in [-0.4, -0.2) is 32.5 Å². The summed E-state index contributed by atoms with van der Waals surface area (Å²) in [6, 6.07) is -0.125. The lowest BCUT2D eigenvalue weighted by molar-refractivity contribution is 0.0590. The van der Waals surface area contributed by atoms with E-state index >= 15 is 0 Å². The van der Waals surface area contributed by atoms with Crippen LogP contribution in [0.5, 0.6) is 0 Å². The molecular weight excluding hydrogens is 300 g/mol. The molecule has 1 aromatic heterocycles. The molecule has 20 heavy (non-hydrogen) atoms. The quantitative estimate of drug-likeness (QED) is 0.855. The van der Waals surface area contributed by atoms with E-state index in [9.17, 15) is 13.2 Å². The SMILES string of the molecule is COC(=O)c1ncsc1S(=O)(=O)NC1CCCC1(C)C. The van der Waals surface area contributed by atoms with Crippen molar-refractivity contribution in [1.82, 2.24) is 9.71 Å². The molecule has 1 aliphatic carbocycles. The summed E-state index contributed by atoms with van der Waals surface area (Å²) in [5.41, 5.74) is 1.10. The van der Waals surface area contributed by atoms with Crippen LogP contribution in [0.4, 0.5) is 0 Å². The minimum atomic E-state index is -3.75. The van der Waals surface area contributed by atoms with Gasteiger partial charge in [0.2, 0.25) is 0 Å². The Balaban J connectivity index is 2.28. The summed E-state index contributed by atoms with van der Waals surface area (Å²) in [5, 5.41) is 0. The van der Waals surface area contributed by atoms with Crippen LogP contribution < -0.4 is 4.72 Å². The van der Waals surface area contributed by atoms with Gasteiger partial charge in [0, 0.05) is 6.04 Å². The molecule has 1 N–H and O–H groups in total. The fourth-order valence-corrected chi connectivity index (χ4v) is 5.04. The summed E-state index contributed by atoms with van der Waals surface area (Å²) in [6.07, 6.45) is 2.78. The molecule has 0 amide bonds. The largest absolute Gasteiger partial charge is 0.464 e. The predicted molar refractivity (Wildman–Crippen MR) is 75.2 cm³/mol. The van der Waals surface area contributed by atoms with E-state index in [2.05, 4.69) is 14.4 Å². The molecule has 8 heteroatoms. The standard InChI is InChI=1S/C12H18N2O4S2/c1-12(2)6-4-5-8(12)14-20(16,17)11-9(10(15)18-3)13-7-19-11/h7-8,14H,4-6H2,1-3H3. The van der Waals surface area contributed by atoms with E-state index in [-0.39, 0.29) is 21.4 Å². The molecule has 1 atom stereocenters. The van der Waals surface area contributed by atoms with Crippen LogP contribution in [-0.2, 0) is 14.8 Å². The summed E-state index contributed by atoms with van der Waals surface area (Å²) in [7, 11) is -2.55. The molecule has 1 saturated carbocycles. The number of aromatic nitrogens is 1. The summed E-state index contributed by atoms with van der Waals surface area (Å²) in [4.78, 5) is 15.3. The van der Waals surface area contributed by atoms with Gasteiger partial charge >= 0.3 is 5.97 Å². The van der Waals surface area contributed by atoms with Gasteiger partial charge < -0.3 is 4.74 Å². The highest BCUT2D eigenvalue weighted by Gasteiger charge is 2.38. The van der Waals surface area contributed by atoms with Crippen molar-refractivity contribution in [3.63, 3.8) is 0 Å². The number of carbonyl (C=O) groups is 1. The summed E-state index contributed by atoms with van der Waals surface area (Å²) in [6.45, 7) is 4.09. The first-order valence-electron chi connectivity index (χ1n) is 6.32. The van der Waals surface area contributed by atoms with Crippen LogP contribution in [0, 0.1) is 5.41 Å². The van der Waals surface area contributed by atoms with Crippen LogP contribution in [0.2, 0.25) is 0 Å². The lowest BCUT2D eigenvalue weighted by atomic mass is 9.88. The molecule has 2 rings (SSSR count). The second-order valence-electron chi connectivity index (χ2n) is 5.53. The average Bonchev–Trinajstić information content (AvgIpc) is 2.96. The maximum atomic E-state index is 12.4. The molecule has 0 saturated heterocycles. The van der Waals surface area contributed by atoms with Gasteiger partial charge in [-0.25, -0.2) is 22.9 Å². The highest BCUT2D eigenvalue weighted by atomic mass is 32.2. The second-order valence-corrected chi connectivity index (χ2v) is 8.30. The van der Waals surface area contributed by atoms with Gasteiger partial charge in [-0.1, -0.05) is 20.3 Å². The van der Waals surface area contributed by atoms with Crippen molar-refractivity contribution in [2.75, 3.05) is 7.11 Å². The molecule has 0 bridgehead atoms. The van der Waals surface area contributed by atoms with Crippen molar-refractivity contribution in [1.29, 1.82) is 0 Å². The lowest BCUT2D eigenvalue weighted by Gasteiger charge is -2.27. The number of hydrogen-bond acceptors (Lipinski definition) is 6. The van der Waals surface area contributed by atoms with E-state index in [4.69, 9.17) is 0 Å². The van der Waals surface area contributed by atoms with Gasteiger partial charge in [0.25, 0.3) is 10.0 Å². The Hall–Kier alpha value is -0.990. The van der Waals surface area contributed by atoms with Gasteiger partial charge in [-0.15, -0.1) is 11.3 Å². The molecule has 6 nitrogen and oxygen atoms in total.